The summed E-state index contributed by atoms with van der Waals surface area (Å²) in [6.45, 7) is 5.98. The number of ether oxygens (including phenoxy) is 2. The topological polar surface area (TPSA) is 93.1 Å². The Morgan fingerprint density at radius 2 is 1.61 bits per heavy atom. The molecule has 9 heteroatoms. The van der Waals surface area contributed by atoms with Crippen LogP contribution < -0.4 is 9.64 Å². The van der Waals surface area contributed by atoms with Gasteiger partial charge in [-0.1, -0.05) is 69.2 Å². The number of anilines is 1. The third-order valence-electron chi connectivity index (χ3n) is 6.85. The fraction of sp³-hybridized carbons (Fsp3) is 0.344. The van der Waals surface area contributed by atoms with Gasteiger partial charge in [0.05, 0.1) is 7.11 Å². The van der Waals surface area contributed by atoms with Crippen molar-refractivity contribution < 1.29 is 22.6 Å². The van der Waals surface area contributed by atoms with Gasteiger partial charge in [-0.2, -0.15) is 29.0 Å². The van der Waals surface area contributed by atoms with Crippen molar-refractivity contribution in [2.45, 2.75) is 51.3 Å². The molecule has 1 heterocycles. The van der Waals surface area contributed by atoms with Gasteiger partial charge in [0.25, 0.3) is 5.60 Å². The summed E-state index contributed by atoms with van der Waals surface area (Å²) in [6.07, 6.45) is 1.63. The van der Waals surface area contributed by atoms with Crippen LogP contribution >= 0.6 is 0 Å². The minimum Gasteiger partial charge on any atom is -0.496 e. The van der Waals surface area contributed by atoms with E-state index in [1.54, 1.807) is 30.3 Å². The standard InChI is InChI=1S/C32H31F3N4O2/c1-4-6-17-39(18-7-5-2)26-15-13-23(29(19-26)40-3)14-16-28-27(22-38)30(24(20-36)21-37)41-31(28,32(33,34)35)25-11-9-8-10-12-25/h8-16,19H,4-7,17-18H2,1-3H3/b16-14+. The Morgan fingerprint density at radius 1 is 0.976 bits per heavy atom. The molecule has 0 bridgehead atoms. The fourth-order valence-electron chi connectivity index (χ4n) is 4.71. The molecule has 2 aromatic carbocycles. The van der Waals surface area contributed by atoms with Gasteiger partial charge in [-0.15, -0.1) is 0 Å². The number of alkyl halides is 3. The molecular weight excluding hydrogens is 529 g/mol. The molecule has 1 unspecified atom stereocenters. The molecule has 1 aliphatic rings. The van der Waals surface area contributed by atoms with Crippen LogP contribution in [0.15, 0.2) is 77.1 Å². The average molecular weight is 561 g/mol. The molecule has 0 saturated heterocycles. The molecular formula is C32H31F3N4O2. The molecule has 0 N–H and O–H groups in total. The first-order valence-corrected chi connectivity index (χ1v) is 13.3. The van der Waals surface area contributed by atoms with Gasteiger partial charge >= 0.3 is 6.18 Å². The first-order valence-electron chi connectivity index (χ1n) is 13.3. The number of nitrogens with zero attached hydrogens (tertiary/aromatic N) is 4. The maximum Gasteiger partial charge on any atom is 0.437 e. The second kappa shape index (κ2) is 13.6. The van der Waals surface area contributed by atoms with Crippen LogP contribution in [0.5, 0.6) is 5.75 Å². The van der Waals surface area contributed by atoms with Gasteiger partial charge in [-0.3, -0.25) is 0 Å². The summed E-state index contributed by atoms with van der Waals surface area (Å²) in [6, 6.07) is 17.2. The number of halogens is 3. The van der Waals surface area contributed by atoms with Crippen molar-refractivity contribution in [2.24, 2.45) is 0 Å². The summed E-state index contributed by atoms with van der Waals surface area (Å²) in [5.41, 5.74) is -3.79. The Kier molecular flexibility index (Phi) is 10.2. The number of methoxy groups -OCH3 is 1. The van der Waals surface area contributed by atoms with E-state index >= 15 is 13.2 Å². The zero-order valence-electron chi connectivity index (χ0n) is 23.3. The highest BCUT2D eigenvalue weighted by molar-refractivity contribution is 5.70. The average Bonchev–Trinajstić information content (AvgIpc) is 3.32. The quantitative estimate of drug-likeness (QED) is 0.261. The highest BCUT2D eigenvalue weighted by atomic mass is 19.4. The van der Waals surface area contributed by atoms with Gasteiger partial charge in [0, 0.05) is 41.5 Å². The molecule has 0 fully saturated rings. The molecule has 212 valence electrons. The van der Waals surface area contributed by atoms with E-state index in [4.69, 9.17) is 9.47 Å². The number of benzene rings is 2. The van der Waals surface area contributed by atoms with Crippen LogP contribution in [-0.4, -0.2) is 26.4 Å². The van der Waals surface area contributed by atoms with Crippen molar-refractivity contribution >= 4 is 11.8 Å². The number of allylic oxidation sites excluding steroid dienone is 2. The molecule has 1 atom stereocenters. The highest BCUT2D eigenvalue weighted by Gasteiger charge is 2.65. The van der Waals surface area contributed by atoms with Crippen molar-refractivity contribution in [1.82, 2.24) is 0 Å². The molecule has 6 nitrogen and oxygen atoms in total. The number of unbranched alkanes of at least 4 members (excludes halogenated alkanes) is 2. The molecule has 0 aromatic heterocycles. The Balaban J connectivity index is 2.22. The molecule has 0 aliphatic carbocycles. The predicted molar refractivity (Wildman–Crippen MR) is 150 cm³/mol. The van der Waals surface area contributed by atoms with E-state index < -0.39 is 34.3 Å². The maximum absolute atomic E-state index is 15.0. The third-order valence-corrected chi connectivity index (χ3v) is 6.85. The molecule has 0 radical (unpaired) electrons. The summed E-state index contributed by atoms with van der Waals surface area (Å²) < 4.78 is 56.1. The molecule has 1 aliphatic heterocycles. The Hall–Kier alpha value is -4.68. The van der Waals surface area contributed by atoms with E-state index in [1.807, 2.05) is 12.1 Å². The van der Waals surface area contributed by atoms with E-state index in [0.29, 0.717) is 11.3 Å². The van der Waals surface area contributed by atoms with Crippen molar-refractivity contribution in [3.63, 3.8) is 0 Å². The highest BCUT2D eigenvalue weighted by Crippen LogP contribution is 2.56. The van der Waals surface area contributed by atoms with Crippen molar-refractivity contribution in [3.05, 3.63) is 88.2 Å². The van der Waals surface area contributed by atoms with Gasteiger partial charge in [0.2, 0.25) is 0 Å². The summed E-state index contributed by atoms with van der Waals surface area (Å²) in [7, 11) is 1.48. The van der Waals surface area contributed by atoms with E-state index in [0.717, 1.165) is 50.5 Å². The van der Waals surface area contributed by atoms with E-state index in [-0.39, 0.29) is 5.56 Å². The maximum atomic E-state index is 15.0. The summed E-state index contributed by atoms with van der Waals surface area (Å²) >= 11 is 0. The van der Waals surface area contributed by atoms with Gasteiger partial charge < -0.3 is 14.4 Å². The van der Waals surface area contributed by atoms with Gasteiger partial charge in [0.15, 0.2) is 11.3 Å². The Bertz CT molecular complexity index is 1430. The second-order valence-corrected chi connectivity index (χ2v) is 9.43. The molecule has 3 rings (SSSR count). The minimum absolute atomic E-state index is 0.296. The predicted octanol–water partition coefficient (Wildman–Crippen LogP) is 7.72. The summed E-state index contributed by atoms with van der Waals surface area (Å²) in [5.74, 6) is -0.263. The van der Waals surface area contributed by atoms with Crippen LogP contribution in [0, 0.1) is 34.0 Å². The first kappa shape index (κ1) is 30.9. The van der Waals surface area contributed by atoms with Crippen molar-refractivity contribution in [3.8, 4) is 24.0 Å². The first-order chi connectivity index (χ1) is 19.7. The molecule has 41 heavy (non-hydrogen) atoms. The zero-order chi connectivity index (χ0) is 30.0. The normalized spacial score (nSPS) is 16.6. The van der Waals surface area contributed by atoms with Crippen LogP contribution in [-0.2, 0) is 10.3 Å². The monoisotopic (exact) mass is 560 g/mol. The minimum atomic E-state index is -5.05. The summed E-state index contributed by atoms with van der Waals surface area (Å²) in [4.78, 5) is 2.26. The Labute approximate surface area is 238 Å². The molecule has 0 amide bonds. The lowest BCUT2D eigenvalue weighted by atomic mass is 9.83. The Morgan fingerprint density at radius 3 is 2.12 bits per heavy atom. The van der Waals surface area contributed by atoms with E-state index in [2.05, 4.69) is 18.7 Å². The lowest BCUT2D eigenvalue weighted by Gasteiger charge is -2.33. The van der Waals surface area contributed by atoms with Crippen LogP contribution in [0.25, 0.3) is 6.08 Å². The van der Waals surface area contributed by atoms with Crippen LogP contribution in [0.2, 0.25) is 0 Å². The third kappa shape index (κ3) is 6.23. The van der Waals surface area contributed by atoms with Crippen LogP contribution in [0.3, 0.4) is 0 Å². The number of hydrogen-bond acceptors (Lipinski definition) is 6. The van der Waals surface area contributed by atoms with Gasteiger partial charge in [-0.05, 0) is 25.0 Å². The largest absolute Gasteiger partial charge is 0.496 e. The van der Waals surface area contributed by atoms with Crippen molar-refractivity contribution in [2.75, 3.05) is 25.1 Å². The van der Waals surface area contributed by atoms with Crippen molar-refractivity contribution in [1.29, 1.82) is 15.8 Å². The zero-order valence-corrected chi connectivity index (χ0v) is 23.3. The van der Waals surface area contributed by atoms with Gasteiger partial charge in [-0.25, -0.2) is 0 Å². The van der Waals surface area contributed by atoms with E-state index in [9.17, 15) is 15.8 Å². The lowest BCUT2D eigenvalue weighted by Crippen LogP contribution is -2.43. The van der Waals surface area contributed by atoms with Crippen LogP contribution in [0.4, 0.5) is 18.9 Å². The second-order valence-electron chi connectivity index (χ2n) is 9.43. The molecule has 0 spiro atoms. The number of hydrogen-bond donors (Lipinski definition) is 0. The SMILES string of the molecule is CCCCN(CCCC)c1ccc(/C=C/C2=C(C#N)C(=C(C#N)C#N)OC2(c2ccccc2)C(F)(F)F)c(OC)c1. The van der Waals surface area contributed by atoms with Crippen LogP contribution in [0.1, 0.15) is 50.7 Å². The van der Waals surface area contributed by atoms with Gasteiger partial charge in [0.1, 0.15) is 29.5 Å². The molecule has 0 saturated carbocycles. The summed E-state index contributed by atoms with van der Waals surface area (Å²) in [5, 5.41) is 28.8. The van der Waals surface area contributed by atoms with E-state index in [1.165, 1.54) is 37.5 Å². The lowest BCUT2D eigenvalue weighted by molar-refractivity contribution is -0.249. The molecule has 2 aromatic rings. The smallest absolute Gasteiger partial charge is 0.437 e. The number of rotatable bonds is 11. The fourth-order valence-corrected chi connectivity index (χ4v) is 4.71. The number of nitriles is 3.